The summed E-state index contributed by atoms with van der Waals surface area (Å²) in [5.74, 6) is 0. The average molecular weight is 243 g/mol. The number of rotatable bonds is 1. The van der Waals surface area contributed by atoms with Crippen molar-refractivity contribution in [1.29, 1.82) is 15.8 Å². The third-order valence-electron chi connectivity index (χ3n) is 2.85. The molecule has 0 aliphatic carbocycles. The van der Waals surface area contributed by atoms with Crippen LogP contribution in [0.25, 0.3) is 11.1 Å². The monoisotopic (exact) mass is 243 g/mol. The van der Waals surface area contributed by atoms with Crippen molar-refractivity contribution >= 4 is 0 Å². The topological polar surface area (TPSA) is 71.4 Å². The molecular weight excluding hydrogens is 234 g/mol. The fourth-order valence-electron chi connectivity index (χ4n) is 1.91. The quantitative estimate of drug-likeness (QED) is 0.771. The van der Waals surface area contributed by atoms with Crippen molar-refractivity contribution in [1.82, 2.24) is 0 Å². The second-order valence-electron chi connectivity index (χ2n) is 4.15. The first kappa shape index (κ1) is 12.4. The minimum absolute atomic E-state index is 0.323. The van der Waals surface area contributed by atoms with Gasteiger partial charge in [0.05, 0.1) is 34.9 Å². The Balaban J connectivity index is 2.76. The molecule has 0 aromatic heterocycles. The number of benzene rings is 2. The van der Waals surface area contributed by atoms with Gasteiger partial charge in [0, 0.05) is 5.56 Å². The van der Waals surface area contributed by atoms with Crippen LogP contribution in [-0.4, -0.2) is 0 Å². The van der Waals surface area contributed by atoms with Gasteiger partial charge in [-0.05, 0) is 24.6 Å². The largest absolute Gasteiger partial charge is 0.192 e. The number of nitrogens with zero attached hydrogens (tertiary/aromatic N) is 3. The van der Waals surface area contributed by atoms with Gasteiger partial charge in [0.1, 0.15) is 0 Å². The second-order valence-corrected chi connectivity index (χ2v) is 4.15. The van der Waals surface area contributed by atoms with Crippen LogP contribution in [0.15, 0.2) is 36.4 Å². The molecule has 0 heterocycles. The molecule has 0 saturated carbocycles. The zero-order chi connectivity index (χ0) is 13.8. The Bertz CT molecular complexity index is 716. The van der Waals surface area contributed by atoms with Crippen molar-refractivity contribution < 1.29 is 0 Å². The van der Waals surface area contributed by atoms with Crippen LogP contribution in [0.3, 0.4) is 0 Å². The molecule has 0 aliphatic heterocycles. The van der Waals surface area contributed by atoms with Crippen LogP contribution >= 0.6 is 0 Å². The first-order chi connectivity index (χ1) is 9.19. The van der Waals surface area contributed by atoms with Gasteiger partial charge < -0.3 is 0 Å². The summed E-state index contributed by atoms with van der Waals surface area (Å²) in [7, 11) is 0. The third-order valence-corrected chi connectivity index (χ3v) is 2.85. The number of hydrogen-bond donors (Lipinski definition) is 0. The maximum Gasteiger partial charge on any atom is 0.0999 e. The average Bonchev–Trinajstić information content (AvgIpc) is 2.46. The van der Waals surface area contributed by atoms with Crippen molar-refractivity contribution in [2.45, 2.75) is 6.92 Å². The Labute approximate surface area is 111 Å². The van der Waals surface area contributed by atoms with Gasteiger partial charge in [-0.25, -0.2) is 0 Å². The zero-order valence-electron chi connectivity index (χ0n) is 10.3. The van der Waals surface area contributed by atoms with Gasteiger partial charge in [-0.1, -0.05) is 29.8 Å². The van der Waals surface area contributed by atoms with E-state index in [9.17, 15) is 10.5 Å². The lowest BCUT2D eigenvalue weighted by Gasteiger charge is -2.08. The standard InChI is InChI=1S/C16H9N3/c1-11-2-4-13(5-3-11)16-14(9-18)6-12(8-17)7-15(16)10-19/h2-7H,1H3. The summed E-state index contributed by atoms with van der Waals surface area (Å²) >= 11 is 0. The van der Waals surface area contributed by atoms with Gasteiger partial charge in [-0.15, -0.1) is 0 Å². The highest BCUT2D eigenvalue weighted by Gasteiger charge is 2.12. The molecule has 0 bridgehead atoms. The number of aryl methyl sites for hydroxylation is 1. The SMILES string of the molecule is Cc1ccc(-c2c(C#N)cc(C#N)cc2C#N)cc1. The molecule has 0 spiro atoms. The van der Waals surface area contributed by atoms with E-state index in [-0.39, 0.29) is 0 Å². The van der Waals surface area contributed by atoms with E-state index in [2.05, 4.69) is 12.1 Å². The van der Waals surface area contributed by atoms with Gasteiger partial charge in [0.25, 0.3) is 0 Å². The molecule has 0 radical (unpaired) electrons. The van der Waals surface area contributed by atoms with Crippen LogP contribution in [-0.2, 0) is 0 Å². The van der Waals surface area contributed by atoms with Crippen LogP contribution in [0.5, 0.6) is 0 Å². The highest BCUT2D eigenvalue weighted by atomic mass is 14.3. The molecule has 2 rings (SSSR count). The first-order valence-corrected chi connectivity index (χ1v) is 5.65. The summed E-state index contributed by atoms with van der Waals surface area (Å²) in [6.07, 6.45) is 0. The maximum absolute atomic E-state index is 9.21. The van der Waals surface area contributed by atoms with Crippen LogP contribution in [0.1, 0.15) is 22.3 Å². The molecule has 0 unspecified atom stereocenters. The van der Waals surface area contributed by atoms with E-state index in [1.54, 1.807) is 0 Å². The fraction of sp³-hybridized carbons (Fsp3) is 0.0625. The molecule has 0 aliphatic rings. The summed E-state index contributed by atoms with van der Waals surface area (Å²) < 4.78 is 0. The van der Waals surface area contributed by atoms with Crippen molar-refractivity contribution in [3.05, 3.63) is 58.7 Å². The van der Waals surface area contributed by atoms with Crippen LogP contribution < -0.4 is 0 Å². The third kappa shape index (κ3) is 2.29. The van der Waals surface area contributed by atoms with Gasteiger partial charge in [-0.3, -0.25) is 0 Å². The highest BCUT2D eigenvalue weighted by molar-refractivity contribution is 5.77. The van der Waals surface area contributed by atoms with Crippen molar-refractivity contribution in [3.8, 4) is 29.3 Å². The smallest absolute Gasteiger partial charge is 0.0999 e. The zero-order valence-corrected chi connectivity index (χ0v) is 10.3. The molecule has 19 heavy (non-hydrogen) atoms. The van der Waals surface area contributed by atoms with Crippen molar-refractivity contribution in [2.24, 2.45) is 0 Å². The van der Waals surface area contributed by atoms with Gasteiger partial charge >= 0.3 is 0 Å². The Morgan fingerprint density at radius 2 is 1.32 bits per heavy atom. The van der Waals surface area contributed by atoms with E-state index in [1.807, 2.05) is 37.3 Å². The van der Waals surface area contributed by atoms with Crippen molar-refractivity contribution in [3.63, 3.8) is 0 Å². The highest BCUT2D eigenvalue weighted by Crippen LogP contribution is 2.28. The molecular formula is C16H9N3. The predicted octanol–water partition coefficient (Wildman–Crippen LogP) is 3.28. The van der Waals surface area contributed by atoms with Gasteiger partial charge in [0.15, 0.2) is 0 Å². The second kappa shape index (κ2) is 5.05. The molecule has 0 atom stereocenters. The maximum atomic E-state index is 9.21. The molecule has 88 valence electrons. The first-order valence-electron chi connectivity index (χ1n) is 5.65. The summed E-state index contributed by atoms with van der Waals surface area (Å²) in [5.41, 5.74) is 3.52. The number of hydrogen-bond acceptors (Lipinski definition) is 3. The Kier molecular flexibility index (Phi) is 3.29. The van der Waals surface area contributed by atoms with Gasteiger partial charge in [-0.2, -0.15) is 15.8 Å². The van der Waals surface area contributed by atoms with E-state index in [1.165, 1.54) is 12.1 Å². The molecule has 2 aromatic carbocycles. The molecule has 2 aromatic rings. The van der Waals surface area contributed by atoms with Crippen LogP contribution in [0, 0.1) is 40.9 Å². The summed E-state index contributed by atoms with van der Waals surface area (Å²) in [6.45, 7) is 1.97. The minimum atomic E-state index is 0.323. The Morgan fingerprint density at radius 1 is 0.789 bits per heavy atom. The molecule has 0 N–H and O–H groups in total. The van der Waals surface area contributed by atoms with Crippen LogP contribution in [0.2, 0.25) is 0 Å². The lowest BCUT2D eigenvalue weighted by atomic mass is 9.93. The van der Waals surface area contributed by atoms with Gasteiger partial charge in [0.2, 0.25) is 0 Å². The normalized spacial score (nSPS) is 9.16. The molecule has 3 nitrogen and oxygen atoms in total. The van der Waals surface area contributed by atoms with Crippen molar-refractivity contribution in [2.75, 3.05) is 0 Å². The van der Waals surface area contributed by atoms with E-state index in [4.69, 9.17) is 5.26 Å². The summed E-state index contributed by atoms with van der Waals surface area (Å²) in [4.78, 5) is 0. The van der Waals surface area contributed by atoms with E-state index in [0.717, 1.165) is 11.1 Å². The fourth-order valence-corrected chi connectivity index (χ4v) is 1.91. The van der Waals surface area contributed by atoms with E-state index >= 15 is 0 Å². The lowest BCUT2D eigenvalue weighted by molar-refractivity contribution is 1.40. The minimum Gasteiger partial charge on any atom is -0.192 e. The Morgan fingerprint density at radius 3 is 1.74 bits per heavy atom. The van der Waals surface area contributed by atoms with E-state index in [0.29, 0.717) is 22.3 Å². The lowest BCUT2D eigenvalue weighted by Crippen LogP contribution is -1.92. The molecule has 0 amide bonds. The predicted molar refractivity (Wildman–Crippen MR) is 70.8 cm³/mol. The number of nitriles is 3. The molecule has 3 heteroatoms. The summed E-state index contributed by atoms with van der Waals surface area (Å²) in [5, 5.41) is 27.3. The Hall–Kier alpha value is -3.09. The summed E-state index contributed by atoms with van der Waals surface area (Å²) in [6, 6.07) is 16.7. The van der Waals surface area contributed by atoms with E-state index < -0.39 is 0 Å². The van der Waals surface area contributed by atoms with Crippen LogP contribution in [0.4, 0.5) is 0 Å². The molecule has 0 fully saturated rings. The molecule has 0 saturated heterocycles.